The highest BCUT2D eigenvalue weighted by Gasteiger charge is 2.06. The van der Waals surface area contributed by atoms with E-state index in [9.17, 15) is 0 Å². The van der Waals surface area contributed by atoms with Crippen molar-refractivity contribution in [1.29, 1.82) is 0 Å². The average Bonchev–Trinajstić information content (AvgIpc) is 2.12. The number of hydrogen-bond acceptors (Lipinski definition) is 4. The second-order valence-electron chi connectivity index (χ2n) is 3.43. The predicted molar refractivity (Wildman–Crippen MR) is 56.6 cm³/mol. The van der Waals surface area contributed by atoms with Crippen molar-refractivity contribution in [2.75, 3.05) is 40.5 Å². The molecule has 4 nitrogen and oxygen atoms in total. The van der Waals surface area contributed by atoms with Crippen LogP contribution in [-0.4, -0.2) is 52.7 Å². The van der Waals surface area contributed by atoms with Gasteiger partial charge < -0.3 is 19.5 Å². The first-order chi connectivity index (χ1) is 6.70. The van der Waals surface area contributed by atoms with Crippen molar-refractivity contribution in [2.24, 2.45) is 0 Å². The molecular formula is C10H23NO3. The molecular weight excluding hydrogens is 182 g/mol. The minimum atomic E-state index is 0.112. The average molecular weight is 205 g/mol. The second-order valence-corrected chi connectivity index (χ2v) is 3.43. The number of methoxy groups -OCH3 is 1. The third-order valence-electron chi connectivity index (χ3n) is 1.67. The van der Waals surface area contributed by atoms with Gasteiger partial charge in [0, 0.05) is 13.7 Å². The van der Waals surface area contributed by atoms with Crippen LogP contribution in [-0.2, 0) is 14.2 Å². The molecule has 0 saturated heterocycles. The van der Waals surface area contributed by atoms with Gasteiger partial charge in [-0.15, -0.1) is 0 Å². The summed E-state index contributed by atoms with van der Waals surface area (Å²) < 4.78 is 16.0. The van der Waals surface area contributed by atoms with Gasteiger partial charge in [-0.05, 0) is 20.9 Å². The van der Waals surface area contributed by atoms with Crippen LogP contribution in [0, 0.1) is 0 Å². The lowest BCUT2D eigenvalue weighted by atomic mass is 10.4. The molecule has 0 amide bonds. The van der Waals surface area contributed by atoms with Crippen molar-refractivity contribution < 1.29 is 14.2 Å². The first kappa shape index (κ1) is 13.8. The van der Waals surface area contributed by atoms with Gasteiger partial charge in [0.25, 0.3) is 0 Å². The summed E-state index contributed by atoms with van der Waals surface area (Å²) in [7, 11) is 3.58. The molecule has 14 heavy (non-hydrogen) atoms. The molecule has 0 aromatic carbocycles. The van der Waals surface area contributed by atoms with E-state index in [1.165, 1.54) is 0 Å². The summed E-state index contributed by atoms with van der Waals surface area (Å²) in [5, 5.41) is 3.06. The molecule has 0 aromatic rings. The van der Waals surface area contributed by atoms with E-state index in [2.05, 4.69) is 5.32 Å². The molecule has 0 heterocycles. The maximum absolute atomic E-state index is 5.56. The molecule has 0 aliphatic heterocycles. The van der Waals surface area contributed by atoms with Crippen LogP contribution in [0.25, 0.3) is 0 Å². The van der Waals surface area contributed by atoms with E-state index in [1.54, 1.807) is 7.11 Å². The molecule has 1 N–H and O–H groups in total. The van der Waals surface area contributed by atoms with Crippen molar-refractivity contribution in [1.82, 2.24) is 5.32 Å². The van der Waals surface area contributed by atoms with E-state index in [1.807, 2.05) is 20.9 Å². The fourth-order valence-corrected chi connectivity index (χ4v) is 1.08. The highest BCUT2D eigenvalue weighted by atomic mass is 16.5. The van der Waals surface area contributed by atoms with Gasteiger partial charge in [-0.3, -0.25) is 0 Å². The second kappa shape index (κ2) is 9.40. The Kier molecular flexibility index (Phi) is 9.29. The Morgan fingerprint density at radius 2 is 1.79 bits per heavy atom. The van der Waals surface area contributed by atoms with Crippen molar-refractivity contribution in [3.05, 3.63) is 0 Å². The van der Waals surface area contributed by atoms with Gasteiger partial charge in [0.05, 0.1) is 32.0 Å². The molecule has 0 saturated carbocycles. The molecule has 0 radical (unpaired) electrons. The summed E-state index contributed by atoms with van der Waals surface area (Å²) in [6.07, 6.45) is 0.379. The van der Waals surface area contributed by atoms with Crippen molar-refractivity contribution in [3.63, 3.8) is 0 Å². The summed E-state index contributed by atoms with van der Waals surface area (Å²) in [6, 6.07) is 0. The molecule has 0 aliphatic carbocycles. The van der Waals surface area contributed by atoms with E-state index in [-0.39, 0.29) is 12.2 Å². The quantitative estimate of drug-likeness (QED) is 0.561. The Morgan fingerprint density at radius 1 is 1.14 bits per heavy atom. The lowest BCUT2D eigenvalue weighted by Crippen LogP contribution is -2.31. The number of hydrogen-bond donors (Lipinski definition) is 1. The van der Waals surface area contributed by atoms with Gasteiger partial charge in [0.1, 0.15) is 0 Å². The SMILES string of the molecule is CNCC(COC)OCCOC(C)C. The number of likely N-dealkylation sites (N-methyl/N-ethyl adjacent to an activating group) is 1. The number of nitrogens with one attached hydrogen (secondary N) is 1. The molecule has 0 fully saturated rings. The Labute approximate surface area is 86.9 Å². The number of ether oxygens (including phenoxy) is 3. The zero-order chi connectivity index (χ0) is 10.8. The predicted octanol–water partition coefficient (Wildman–Crippen LogP) is 0.662. The third-order valence-corrected chi connectivity index (χ3v) is 1.67. The van der Waals surface area contributed by atoms with Gasteiger partial charge in [-0.1, -0.05) is 0 Å². The molecule has 1 atom stereocenters. The molecule has 0 aromatic heterocycles. The molecule has 0 bridgehead atoms. The van der Waals surface area contributed by atoms with Crippen molar-refractivity contribution >= 4 is 0 Å². The largest absolute Gasteiger partial charge is 0.382 e. The first-order valence-electron chi connectivity index (χ1n) is 5.07. The maximum Gasteiger partial charge on any atom is 0.0933 e. The molecule has 0 rings (SSSR count). The fourth-order valence-electron chi connectivity index (χ4n) is 1.08. The zero-order valence-electron chi connectivity index (χ0n) is 9.71. The van der Waals surface area contributed by atoms with Crippen LogP contribution in [0.2, 0.25) is 0 Å². The Bertz CT molecular complexity index is 114. The molecule has 4 heteroatoms. The van der Waals surface area contributed by atoms with E-state index in [0.29, 0.717) is 19.8 Å². The molecule has 0 spiro atoms. The Morgan fingerprint density at radius 3 is 2.29 bits per heavy atom. The Hall–Kier alpha value is -0.160. The van der Waals surface area contributed by atoms with Gasteiger partial charge in [-0.25, -0.2) is 0 Å². The summed E-state index contributed by atoms with van der Waals surface area (Å²) in [5.41, 5.74) is 0. The van der Waals surface area contributed by atoms with E-state index in [4.69, 9.17) is 14.2 Å². The highest BCUT2D eigenvalue weighted by Crippen LogP contribution is 1.93. The van der Waals surface area contributed by atoms with Gasteiger partial charge in [0.15, 0.2) is 0 Å². The normalized spacial score (nSPS) is 13.5. The van der Waals surface area contributed by atoms with Crippen LogP contribution in [0.15, 0.2) is 0 Å². The summed E-state index contributed by atoms with van der Waals surface area (Å²) in [4.78, 5) is 0. The van der Waals surface area contributed by atoms with E-state index in [0.717, 1.165) is 6.54 Å². The van der Waals surface area contributed by atoms with Crippen molar-refractivity contribution in [2.45, 2.75) is 26.1 Å². The standard InChI is InChI=1S/C10H23NO3/c1-9(2)13-5-6-14-10(7-11-3)8-12-4/h9-11H,5-8H2,1-4H3. The van der Waals surface area contributed by atoms with Crippen LogP contribution in [0.5, 0.6) is 0 Å². The third kappa shape index (κ3) is 8.44. The molecule has 1 unspecified atom stereocenters. The lowest BCUT2D eigenvalue weighted by molar-refractivity contribution is -0.0367. The van der Waals surface area contributed by atoms with Gasteiger partial charge in [0.2, 0.25) is 0 Å². The van der Waals surface area contributed by atoms with Crippen LogP contribution in [0.4, 0.5) is 0 Å². The van der Waals surface area contributed by atoms with Crippen LogP contribution >= 0.6 is 0 Å². The monoisotopic (exact) mass is 205 g/mol. The first-order valence-corrected chi connectivity index (χ1v) is 5.07. The molecule has 86 valence electrons. The fraction of sp³-hybridized carbons (Fsp3) is 1.00. The Balaban J connectivity index is 3.40. The highest BCUT2D eigenvalue weighted by molar-refractivity contribution is 4.58. The van der Waals surface area contributed by atoms with Gasteiger partial charge in [-0.2, -0.15) is 0 Å². The smallest absolute Gasteiger partial charge is 0.0933 e. The lowest BCUT2D eigenvalue weighted by Gasteiger charge is -2.17. The number of rotatable bonds is 9. The minimum Gasteiger partial charge on any atom is -0.382 e. The summed E-state index contributed by atoms with van der Waals surface area (Å²) >= 11 is 0. The van der Waals surface area contributed by atoms with Crippen LogP contribution < -0.4 is 5.32 Å². The topological polar surface area (TPSA) is 39.7 Å². The van der Waals surface area contributed by atoms with E-state index < -0.39 is 0 Å². The van der Waals surface area contributed by atoms with Crippen LogP contribution in [0.3, 0.4) is 0 Å². The minimum absolute atomic E-state index is 0.112. The van der Waals surface area contributed by atoms with E-state index >= 15 is 0 Å². The van der Waals surface area contributed by atoms with Gasteiger partial charge >= 0.3 is 0 Å². The zero-order valence-corrected chi connectivity index (χ0v) is 9.71. The summed E-state index contributed by atoms with van der Waals surface area (Å²) in [5.74, 6) is 0. The maximum atomic E-state index is 5.56. The molecule has 0 aliphatic rings. The van der Waals surface area contributed by atoms with Crippen molar-refractivity contribution in [3.8, 4) is 0 Å². The summed E-state index contributed by atoms with van der Waals surface area (Å²) in [6.45, 7) is 6.70. The van der Waals surface area contributed by atoms with Crippen LogP contribution in [0.1, 0.15) is 13.8 Å².